The Balaban J connectivity index is 2.28. The summed E-state index contributed by atoms with van der Waals surface area (Å²) < 4.78 is 6.88. The van der Waals surface area contributed by atoms with Crippen LogP contribution >= 0.6 is 15.9 Å². The fraction of sp³-hybridized carbons (Fsp3) is 0.600. The van der Waals surface area contributed by atoms with Gasteiger partial charge in [-0.15, -0.1) is 0 Å². The van der Waals surface area contributed by atoms with E-state index in [0.717, 1.165) is 29.6 Å². The molecule has 4 heteroatoms. The van der Waals surface area contributed by atoms with Crippen molar-refractivity contribution in [2.45, 2.75) is 45.4 Å². The number of anilines is 1. The van der Waals surface area contributed by atoms with E-state index in [4.69, 9.17) is 10.5 Å². The maximum Gasteiger partial charge on any atom is 0.0723 e. The van der Waals surface area contributed by atoms with Gasteiger partial charge >= 0.3 is 0 Å². The molecule has 3 nitrogen and oxygen atoms in total. The Morgan fingerprint density at radius 3 is 2.84 bits per heavy atom. The fourth-order valence-corrected chi connectivity index (χ4v) is 3.14. The minimum atomic E-state index is 0.0657. The highest BCUT2D eigenvalue weighted by molar-refractivity contribution is 9.10. The molecular weight excluding hydrogens is 304 g/mol. The van der Waals surface area contributed by atoms with Gasteiger partial charge in [-0.05, 0) is 53.9 Å². The van der Waals surface area contributed by atoms with Gasteiger partial charge in [-0.3, -0.25) is 0 Å². The molecule has 1 aliphatic rings. The van der Waals surface area contributed by atoms with Crippen LogP contribution in [0.5, 0.6) is 0 Å². The van der Waals surface area contributed by atoms with E-state index in [-0.39, 0.29) is 12.1 Å². The standard InChI is InChI=1S/C15H23BrN2O/c1-4-13-9-19-10(2)8-18(13)15-6-5-12(11(3)17)7-14(15)16/h5-7,10-11,13H,4,8-9,17H2,1-3H3. The number of benzene rings is 1. The van der Waals surface area contributed by atoms with E-state index in [1.807, 2.05) is 6.92 Å². The molecule has 0 spiro atoms. The molecule has 0 aliphatic carbocycles. The summed E-state index contributed by atoms with van der Waals surface area (Å²) in [6.07, 6.45) is 1.37. The molecule has 2 N–H and O–H groups in total. The van der Waals surface area contributed by atoms with E-state index >= 15 is 0 Å². The second-order valence-corrected chi connectivity index (χ2v) is 6.21. The molecule has 106 valence electrons. The van der Waals surface area contributed by atoms with Crippen molar-refractivity contribution in [3.8, 4) is 0 Å². The summed E-state index contributed by atoms with van der Waals surface area (Å²) >= 11 is 3.69. The predicted molar refractivity (Wildman–Crippen MR) is 83.6 cm³/mol. The summed E-state index contributed by atoms with van der Waals surface area (Å²) in [7, 11) is 0. The third kappa shape index (κ3) is 3.30. The lowest BCUT2D eigenvalue weighted by Crippen LogP contribution is -2.48. The first-order valence-electron chi connectivity index (χ1n) is 6.96. The minimum Gasteiger partial charge on any atom is -0.375 e. The Morgan fingerprint density at radius 2 is 2.26 bits per heavy atom. The normalized spacial score (nSPS) is 25.4. The van der Waals surface area contributed by atoms with E-state index in [2.05, 4.69) is 52.9 Å². The molecule has 3 atom stereocenters. The van der Waals surface area contributed by atoms with Crippen LogP contribution in [-0.2, 0) is 4.74 Å². The summed E-state index contributed by atoms with van der Waals surface area (Å²) in [6.45, 7) is 8.09. The molecule has 3 unspecified atom stereocenters. The van der Waals surface area contributed by atoms with Crippen LogP contribution in [0.15, 0.2) is 22.7 Å². The first kappa shape index (κ1) is 14.8. The van der Waals surface area contributed by atoms with E-state index in [1.54, 1.807) is 0 Å². The average Bonchev–Trinajstić information content (AvgIpc) is 2.38. The Bertz CT molecular complexity index is 436. The lowest BCUT2D eigenvalue weighted by atomic mass is 10.1. The number of nitrogens with zero attached hydrogens (tertiary/aromatic N) is 1. The predicted octanol–water partition coefficient (Wildman–Crippen LogP) is 3.47. The number of hydrogen-bond acceptors (Lipinski definition) is 3. The molecule has 0 radical (unpaired) electrons. The summed E-state index contributed by atoms with van der Waals surface area (Å²) in [6, 6.07) is 6.94. The van der Waals surface area contributed by atoms with Gasteiger partial charge in [0.2, 0.25) is 0 Å². The first-order valence-corrected chi connectivity index (χ1v) is 7.75. The zero-order valence-electron chi connectivity index (χ0n) is 11.9. The number of rotatable bonds is 3. The van der Waals surface area contributed by atoms with Gasteiger partial charge in [-0.2, -0.15) is 0 Å². The van der Waals surface area contributed by atoms with Crippen LogP contribution in [0.1, 0.15) is 38.8 Å². The Labute approximate surface area is 124 Å². The van der Waals surface area contributed by atoms with Crippen molar-refractivity contribution >= 4 is 21.6 Å². The molecule has 19 heavy (non-hydrogen) atoms. The molecule has 2 rings (SSSR count). The van der Waals surface area contributed by atoms with Gasteiger partial charge < -0.3 is 15.4 Å². The van der Waals surface area contributed by atoms with Crippen LogP contribution in [0.25, 0.3) is 0 Å². The van der Waals surface area contributed by atoms with E-state index in [0.29, 0.717) is 6.04 Å². The Morgan fingerprint density at radius 1 is 1.53 bits per heavy atom. The summed E-state index contributed by atoms with van der Waals surface area (Å²) in [5.41, 5.74) is 8.33. The SMILES string of the molecule is CCC1COC(C)CN1c1ccc(C(C)N)cc1Br. The van der Waals surface area contributed by atoms with Gasteiger partial charge in [0, 0.05) is 17.1 Å². The van der Waals surface area contributed by atoms with Crippen LogP contribution in [-0.4, -0.2) is 25.3 Å². The quantitative estimate of drug-likeness (QED) is 0.924. The van der Waals surface area contributed by atoms with Crippen molar-refractivity contribution in [1.29, 1.82) is 0 Å². The molecule has 1 heterocycles. The van der Waals surface area contributed by atoms with Crippen molar-refractivity contribution in [2.75, 3.05) is 18.1 Å². The van der Waals surface area contributed by atoms with Gasteiger partial charge in [0.15, 0.2) is 0 Å². The number of halogens is 1. The monoisotopic (exact) mass is 326 g/mol. The van der Waals surface area contributed by atoms with Crippen molar-refractivity contribution in [1.82, 2.24) is 0 Å². The van der Waals surface area contributed by atoms with Crippen LogP contribution < -0.4 is 10.6 Å². The highest BCUT2D eigenvalue weighted by Gasteiger charge is 2.27. The van der Waals surface area contributed by atoms with Crippen LogP contribution in [0, 0.1) is 0 Å². The zero-order valence-corrected chi connectivity index (χ0v) is 13.5. The molecule has 1 aromatic rings. The number of morpholine rings is 1. The molecule has 1 aliphatic heterocycles. The highest BCUT2D eigenvalue weighted by Crippen LogP contribution is 2.32. The molecule has 0 aromatic heterocycles. The van der Waals surface area contributed by atoms with Crippen molar-refractivity contribution in [3.05, 3.63) is 28.2 Å². The van der Waals surface area contributed by atoms with Crippen molar-refractivity contribution in [2.24, 2.45) is 5.73 Å². The zero-order chi connectivity index (χ0) is 14.0. The van der Waals surface area contributed by atoms with Gasteiger partial charge in [0.25, 0.3) is 0 Å². The van der Waals surface area contributed by atoms with Crippen LogP contribution in [0.2, 0.25) is 0 Å². The lowest BCUT2D eigenvalue weighted by Gasteiger charge is -2.40. The molecule has 1 saturated heterocycles. The molecule has 0 bridgehead atoms. The van der Waals surface area contributed by atoms with Crippen molar-refractivity contribution in [3.63, 3.8) is 0 Å². The average molecular weight is 327 g/mol. The van der Waals surface area contributed by atoms with Gasteiger partial charge in [0.05, 0.1) is 24.4 Å². The largest absolute Gasteiger partial charge is 0.375 e. The molecule has 1 fully saturated rings. The second-order valence-electron chi connectivity index (χ2n) is 5.36. The fourth-order valence-electron chi connectivity index (χ4n) is 2.52. The topological polar surface area (TPSA) is 38.5 Å². The Hall–Kier alpha value is -0.580. The molecule has 0 saturated carbocycles. The van der Waals surface area contributed by atoms with Gasteiger partial charge in [-0.1, -0.05) is 13.0 Å². The van der Waals surface area contributed by atoms with Crippen molar-refractivity contribution < 1.29 is 4.74 Å². The van der Waals surface area contributed by atoms with Gasteiger partial charge in [-0.25, -0.2) is 0 Å². The molecule has 0 amide bonds. The van der Waals surface area contributed by atoms with E-state index < -0.39 is 0 Å². The first-order chi connectivity index (χ1) is 9.02. The maximum absolute atomic E-state index is 5.93. The second kappa shape index (κ2) is 6.25. The molecule has 1 aromatic carbocycles. The molecular formula is C15H23BrN2O. The number of ether oxygens (including phenoxy) is 1. The van der Waals surface area contributed by atoms with Crippen LogP contribution in [0.3, 0.4) is 0 Å². The van der Waals surface area contributed by atoms with Crippen LogP contribution in [0.4, 0.5) is 5.69 Å². The van der Waals surface area contributed by atoms with E-state index in [1.165, 1.54) is 5.69 Å². The van der Waals surface area contributed by atoms with Gasteiger partial charge in [0.1, 0.15) is 0 Å². The number of nitrogens with two attached hydrogens (primary N) is 1. The van der Waals surface area contributed by atoms with E-state index in [9.17, 15) is 0 Å². The summed E-state index contributed by atoms with van der Waals surface area (Å²) in [5, 5.41) is 0. The summed E-state index contributed by atoms with van der Waals surface area (Å²) in [4.78, 5) is 2.45. The third-order valence-electron chi connectivity index (χ3n) is 3.75. The third-order valence-corrected chi connectivity index (χ3v) is 4.38. The minimum absolute atomic E-state index is 0.0657. The maximum atomic E-state index is 5.93. The smallest absolute Gasteiger partial charge is 0.0723 e. The number of hydrogen-bond donors (Lipinski definition) is 1. The lowest BCUT2D eigenvalue weighted by molar-refractivity contribution is 0.0299. The Kier molecular flexibility index (Phi) is 4.87. The highest BCUT2D eigenvalue weighted by atomic mass is 79.9. The summed E-state index contributed by atoms with van der Waals surface area (Å²) in [5.74, 6) is 0.